The number of hydrazone groups is 1. The lowest BCUT2D eigenvalue weighted by Crippen LogP contribution is -2.44. The summed E-state index contributed by atoms with van der Waals surface area (Å²) in [5, 5.41) is 7.59. The number of benzene rings is 3. The fourth-order valence-corrected chi connectivity index (χ4v) is 6.67. The number of rotatable bonds is 6. The molecule has 0 amide bonds. The van der Waals surface area contributed by atoms with Crippen LogP contribution in [-0.2, 0) is 4.79 Å². The number of carbonyl (C=O) groups is 1. The van der Waals surface area contributed by atoms with Crippen molar-refractivity contribution >= 4 is 34.9 Å². The molecular formula is C36H35N7O. The average Bonchev–Trinajstić information content (AvgIpc) is 3.82. The summed E-state index contributed by atoms with van der Waals surface area (Å²) < 4.78 is 0. The maximum Gasteiger partial charge on any atom is 0.149 e. The van der Waals surface area contributed by atoms with Crippen LogP contribution in [0.3, 0.4) is 0 Å². The molecular weight excluding hydrogens is 546 g/mol. The lowest BCUT2D eigenvalue weighted by atomic mass is 9.94. The molecule has 2 aromatic heterocycles. The normalized spacial score (nSPS) is 18.5. The number of aromatic amines is 1. The third-order valence-electron chi connectivity index (χ3n) is 9.47. The van der Waals surface area contributed by atoms with E-state index in [1.165, 1.54) is 24.1 Å². The maximum atomic E-state index is 12.5. The van der Waals surface area contributed by atoms with Gasteiger partial charge in [-0.1, -0.05) is 36.4 Å². The first-order chi connectivity index (χ1) is 21.6. The van der Waals surface area contributed by atoms with E-state index in [0.29, 0.717) is 5.92 Å². The molecule has 8 rings (SSSR count). The number of hydrogen-bond donors (Lipinski definition) is 1. The largest absolute Gasteiger partial charge is 0.369 e. The summed E-state index contributed by atoms with van der Waals surface area (Å²) in [4.78, 5) is 30.1. The van der Waals surface area contributed by atoms with E-state index in [4.69, 9.17) is 10.1 Å². The van der Waals surface area contributed by atoms with Gasteiger partial charge in [0.05, 0.1) is 17.6 Å². The molecule has 44 heavy (non-hydrogen) atoms. The lowest BCUT2D eigenvalue weighted by molar-refractivity contribution is -0.109. The van der Waals surface area contributed by atoms with Crippen LogP contribution in [0.15, 0.2) is 78.2 Å². The van der Waals surface area contributed by atoms with Crippen molar-refractivity contribution in [1.29, 1.82) is 0 Å². The van der Waals surface area contributed by atoms with Crippen LogP contribution >= 0.6 is 0 Å². The summed E-state index contributed by atoms with van der Waals surface area (Å²) in [5.74, 6) is 0.653. The van der Waals surface area contributed by atoms with Gasteiger partial charge in [-0.3, -0.25) is 5.01 Å². The number of fused-ring (bicyclic) bond motifs is 2. The van der Waals surface area contributed by atoms with E-state index in [-0.39, 0.29) is 0 Å². The fourth-order valence-electron chi connectivity index (χ4n) is 6.67. The summed E-state index contributed by atoms with van der Waals surface area (Å²) in [5.41, 5.74) is 11.3. The van der Waals surface area contributed by atoms with Gasteiger partial charge in [-0.2, -0.15) is 5.10 Å². The molecule has 8 nitrogen and oxygen atoms in total. The number of nitrogens with one attached hydrogen (secondary N) is 1. The van der Waals surface area contributed by atoms with Crippen molar-refractivity contribution in [1.82, 2.24) is 19.9 Å². The number of likely N-dealkylation sites (N-methyl/N-ethyl adjacent to an activating group) is 1. The van der Waals surface area contributed by atoms with E-state index in [1.54, 1.807) is 6.33 Å². The molecule has 3 aliphatic rings. The Labute approximate surface area is 257 Å². The Morgan fingerprint density at radius 1 is 0.932 bits per heavy atom. The average molecular weight is 582 g/mol. The zero-order valence-electron chi connectivity index (χ0n) is 25.1. The molecule has 1 saturated carbocycles. The van der Waals surface area contributed by atoms with Gasteiger partial charge in [0.15, 0.2) is 0 Å². The first-order valence-corrected chi connectivity index (χ1v) is 15.5. The highest BCUT2D eigenvalue weighted by Gasteiger charge is 2.30. The van der Waals surface area contributed by atoms with Gasteiger partial charge in [-0.15, -0.1) is 0 Å². The second kappa shape index (κ2) is 10.7. The molecule has 0 bridgehead atoms. The summed E-state index contributed by atoms with van der Waals surface area (Å²) in [6, 6.07) is 23.0. The number of nitrogens with zero attached hydrogens (tertiary/aromatic N) is 6. The third kappa shape index (κ3) is 4.66. The third-order valence-corrected chi connectivity index (χ3v) is 9.47. The smallest absolute Gasteiger partial charge is 0.149 e. The zero-order chi connectivity index (χ0) is 29.8. The number of hydrogen-bond acceptors (Lipinski definition) is 7. The standard InChI is InChI=1S/C36H35N7O/c1-23-29(4-3-5-33(23)43-34(21-44)30-13-10-26(24-6-7-24)18-27(30)20-39-43)35-31-19-32(40-36(31)38-22-37-35)25-8-11-28(12-9-25)42-16-14-41(2)15-17-42/h3-5,8-13,18-22,24,34H,6-7,14-17H2,1-2H3,(H,37,38,40). The van der Waals surface area contributed by atoms with Crippen LogP contribution in [0.4, 0.5) is 11.4 Å². The highest BCUT2D eigenvalue weighted by molar-refractivity contribution is 5.96. The van der Waals surface area contributed by atoms with Crippen LogP contribution in [0.25, 0.3) is 33.5 Å². The van der Waals surface area contributed by atoms with Gasteiger partial charge in [0.1, 0.15) is 24.3 Å². The molecule has 1 N–H and O–H groups in total. The molecule has 1 aliphatic carbocycles. The van der Waals surface area contributed by atoms with Gasteiger partial charge in [0, 0.05) is 54.1 Å². The van der Waals surface area contributed by atoms with Crippen LogP contribution in [0.5, 0.6) is 0 Å². The molecule has 5 aromatic rings. The van der Waals surface area contributed by atoms with Crippen molar-refractivity contribution in [2.24, 2.45) is 5.10 Å². The highest BCUT2D eigenvalue weighted by atomic mass is 16.1. The van der Waals surface area contributed by atoms with Gasteiger partial charge in [0.2, 0.25) is 0 Å². The summed E-state index contributed by atoms with van der Waals surface area (Å²) in [6.45, 7) is 6.33. The van der Waals surface area contributed by atoms with Crippen LogP contribution < -0.4 is 9.91 Å². The summed E-state index contributed by atoms with van der Waals surface area (Å²) >= 11 is 0. The Balaban J connectivity index is 1.12. The predicted octanol–water partition coefficient (Wildman–Crippen LogP) is 6.32. The molecule has 8 heteroatoms. The Bertz CT molecular complexity index is 1900. The van der Waals surface area contributed by atoms with E-state index in [9.17, 15) is 4.79 Å². The number of aromatic nitrogens is 3. The van der Waals surface area contributed by atoms with E-state index < -0.39 is 6.04 Å². The van der Waals surface area contributed by atoms with Crippen LogP contribution in [-0.4, -0.2) is 65.6 Å². The number of aldehydes is 1. The van der Waals surface area contributed by atoms with Crippen molar-refractivity contribution in [2.45, 2.75) is 31.7 Å². The number of piperazine rings is 1. The van der Waals surface area contributed by atoms with E-state index >= 15 is 0 Å². The van der Waals surface area contributed by atoms with Crippen molar-refractivity contribution in [3.63, 3.8) is 0 Å². The Hall–Kier alpha value is -4.82. The van der Waals surface area contributed by atoms with Crippen LogP contribution in [0.1, 0.15) is 47.1 Å². The quantitative estimate of drug-likeness (QED) is 0.236. The first kappa shape index (κ1) is 26.8. The molecule has 0 radical (unpaired) electrons. The lowest BCUT2D eigenvalue weighted by Gasteiger charge is -2.34. The molecule has 2 aliphatic heterocycles. The predicted molar refractivity (Wildman–Crippen MR) is 177 cm³/mol. The van der Waals surface area contributed by atoms with Crippen molar-refractivity contribution in [3.8, 4) is 22.5 Å². The molecule has 1 saturated heterocycles. The second-order valence-electron chi connectivity index (χ2n) is 12.3. The van der Waals surface area contributed by atoms with Crippen LogP contribution in [0, 0.1) is 6.92 Å². The Morgan fingerprint density at radius 3 is 2.52 bits per heavy atom. The minimum atomic E-state index is -0.490. The molecule has 2 fully saturated rings. The topological polar surface area (TPSA) is 80.7 Å². The monoisotopic (exact) mass is 581 g/mol. The Morgan fingerprint density at radius 2 is 1.75 bits per heavy atom. The first-order valence-electron chi connectivity index (χ1n) is 15.5. The zero-order valence-corrected chi connectivity index (χ0v) is 25.1. The minimum absolute atomic E-state index is 0.490. The van der Waals surface area contributed by atoms with Crippen molar-refractivity contribution in [2.75, 3.05) is 43.1 Å². The van der Waals surface area contributed by atoms with E-state index in [0.717, 1.165) is 88.4 Å². The second-order valence-corrected chi connectivity index (χ2v) is 12.3. The summed E-state index contributed by atoms with van der Waals surface area (Å²) in [6.07, 6.45) is 6.99. The van der Waals surface area contributed by atoms with Crippen molar-refractivity contribution in [3.05, 3.63) is 95.3 Å². The fraction of sp³-hybridized carbons (Fsp3) is 0.278. The number of H-pyrrole nitrogens is 1. The molecule has 220 valence electrons. The molecule has 0 spiro atoms. The van der Waals surface area contributed by atoms with Gasteiger partial charge in [-0.25, -0.2) is 9.97 Å². The van der Waals surface area contributed by atoms with Crippen LogP contribution in [0.2, 0.25) is 0 Å². The van der Waals surface area contributed by atoms with Gasteiger partial charge >= 0.3 is 0 Å². The molecule has 3 aromatic carbocycles. The molecule has 1 atom stereocenters. The minimum Gasteiger partial charge on any atom is -0.369 e. The Kier molecular flexibility index (Phi) is 6.52. The molecule has 1 unspecified atom stereocenters. The van der Waals surface area contributed by atoms with Gasteiger partial charge in [0.25, 0.3) is 0 Å². The van der Waals surface area contributed by atoms with E-state index in [1.807, 2.05) is 23.4 Å². The summed E-state index contributed by atoms with van der Waals surface area (Å²) in [7, 11) is 2.18. The van der Waals surface area contributed by atoms with E-state index in [2.05, 4.69) is 88.3 Å². The SMILES string of the molecule is Cc1c(-c2ncnc3[nH]c(-c4ccc(N5CCN(C)CC5)cc4)cc23)cccc1N1N=Cc2cc(C3CC3)ccc2C1C=O. The number of carbonyl (C=O) groups excluding carboxylic acids is 1. The van der Waals surface area contributed by atoms with Gasteiger partial charge < -0.3 is 19.6 Å². The number of anilines is 2. The maximum absolute atomic E-state index is 12.5. The van der Waals surface area contributed by atoms with Crippen molar-refractivity contribution < 1.29 is 4.79 Å². The molecule has 4 heterocycles. The van der Waals surface area contributed by atoms with Gasteiger partial charge in [-0.05, 0) is 85.3 Å². The highest BCUT2D eigenvalue weighted by Crippen LogP contribution is 2.43.